The van der Waals surface area contributed by atoms with E-state index in [9.17, 15) is 4.39 Å². The molecule has 0 aliphatic heterocycles. The predicted molar refractivity (Wildman–Crippen MR) is 55.5 cm³/mol. The molecule has 14 heavy (non-hydrogen) atoms. The van der Waals surface area contributed by atoms with E-state index >= 15 is 0 Å². The molecule has 0 unspecified atom stereocenters. The van der Waals surface area contributed by atoms with Gasteiger partial charge in [-0.05, 0) is 49.3 Å². The number of rotatable bonds is 2. The first-order chi connectivity index (χ1) is 6.59. The highest BCUT2D eigenvalue weighted by molar-refractivity contribution is 5.33. The van der Waals surface area contributed by atoms with Crippen molar-refractivity contribution in [2.45, 2.75) is 32.7 Å². The van der Waals surface area contributed by atoms with Crippen molar-refractivity contribution in [3.05, 3.63) is 34.6 Å². The summed E-state index contributed by atoms with van der Waals surface area (Å²) >= 11 is 0. The summed E-state index contributed by atoms with van der Waals surface area (Å²) in [4.78, 5) is 0. The SMILES string of the molecule is Cc1cc([C@H](N)C2CC2)cc(C)c1F. The van der Waals surface area contributed by atoms with E-state index in [1.807, 2.05) is 12.1 Å². The molecule has 0 saturated heterocycles. The molecule has 1 aliphatic rings. The van der Waals surface area contributed by atoms with Crippen LogP contribution in [0.25, 0.3) is 0 Å². The van der Waals surface area contributed by atoms with E-state index in [2.05, 4.69) is 0 Å². The van der Waals surface area contributed by atoms with Crippen molar-refractivity contribution in [3.63, 3.8) is 0 Å². The maximum Gasteiger partial charge on any atom is 0.129 e. The summed E-state index contributed by atoms with van der Waals surface area (Å²) in [5.74, 6) is 0.524. The Bertz CT molecular complexity index is 332. The van der Waals surface area contributed by atoms with Gasteiger partial charge in [0.1, 0.15) is 5.82 Å². The van der Waals surface area contributed by atoms with Crippen LogP contribution in [0.15, 0.2) is 12.1 Å². The number of hydrogen-bond donors (Lipinski definition) is 1. The molecule has 1 nitrogen and oxygen atoms in total. The minimum Gasteiger partial charge on any atom is -0.324 e. The quantitative estimate of drug-likeness (QED) is 0.768. The second kappa shape index (κ2) is 3.35. The zero-order valence-electron chi connectivity index (χ0n) is 8.68. The average molecular weight is 193 g/mol. The highest BCUT2D eigenvalue weighted by Crippen LogP contribution is 2.39. The standard InChI is InChI=1S/C12H16FN/c1-7-5-10(6-8(2)11(7)13)12(14)9-3-4-9/h5-6,9,12H,3-4,14H2,1-2H3/t12-/m1/s1. The molecule has 1 fully saturated rings. The van der Waals surface area contributed by atoms with Gasteiger partial charge in [0.25, 0.3) is 0 Å². The Morgan fingerprint density at radius 1 is 1.29 bits per heavy atom. The van der Waals surface area contributed by atoms with E-state index < -0.39 is 0 Å². The van der Waals surface area contributed by atoms with Gasteiger partial charge in [-0.15, -0.1) is 0 Å². The Morgan fingerprint density at radius 3 is 2.21 bits per heavy atom. The highest BCUT2D eigenvalue weighted by atomic mass is 19.1. The Hall–Kier alpha value is -0.890. The zero-order chi connectivity index (χ0) is 10.3. The van der Waals surface area contributed by atoms with Crippen LogP contribution in [0.4, 0.5) is 4.39 Å². The molecule has 0 spiro atoms. The minimum atomic E-state index is -0.100. The van der Waals surface area contributed by atoms with Crippen LogP contribution < -0.4 is 5.73 Å². The maximum atomic E-state index is 13.4. The van der Waals surface area contributed by atoms with Gasteiger partial charge in [0.05, 0.1) is 0 Å². The topological polar surface area (TPSA) is 26.0 Å². The zero-order valence-corrected chi connectivity index (χ0v) is 8.68. The molecule has 1 atom stereocenters. The minimum absolute atomic E-state index is 0.100. The summed E-state index contributed by atoms with van der Waals surface area (Å²) in [5, 5.41) is 0. The number of nitrogens with two attached hydrogens (primary N) is 1. The van der Waals surface area contributed by atoms with Gasteiger partial charge in [-0.1, -0.05) is 12.1 Å². The number of aryl methyl sites for hydroxylation is 2. The molecule has 1 aromatic rings. The van der Waals surface area contributed by atoms with Crippen molar-refractivity contribution in [2.24, 2.45) is 11.7 Å². The van der Waals surface area contributed by atoms with Crippen molar-refractivity contribution in [2.75, 3.05) is 0 Å². The summed E-state index contributed by atoms with van der Waals surface area (Å²) in [7, 11) is 0. The monoisotopic (exact) mass is 193 g/mol. The van der Waals surface area contributed by atoms with Crippen molar-refractivity contribution < 1.29 is 4.39 Å². The summed E-state index contributed by atoms with van der Waals surface area (Å²) < 4.78 is 13.4. The number of halogens is 1. The summed E-state index contributed by atoms with van der Waals surface area (Å²) in [5.41, 5.74) is 8.56. The van der Waals surface area contributed by atoms with Crippen LogP contribution in [0, 0.1) is 25.6 Å². The molecule has 2 rings (SSSR count). The molecule has 1 aliphatic carbocycles. The van der Waals surface area contributed by atoms with Gasteiger partial charge in [-0.2, -0.15) is 0 Å². The molecule has 1 aromatic carbocycles. The van der Waals surface area contributed by atoms with Gasteiger partial charge in [-0.25, -0.2) is 4.39 Å². The molecule has 1 saturated carbocycles. The van der Waals surface area contributed by atoms with E-state index in [4.69, 9.17) is 5.73 Å². The van der Waals surface area contributed by atoms with Crippen molar-refractivity contribution in [3.8, 4) is 0 Å². The smallest absolute Gasteiger partial charge is 0.129 e. The highest BCUT2D eigenvalue weighted by Gasteiger charge is 2.29. The second-order valence-corrected chi connectivity index (χ2v) is 4.33. The Labute approximate surface area is 84.1 Å². The molecule has 0 radical (unpaired) electrons. The molecule has 0 heterocycles. The Balaban J connectivity index is 2.34. The first-order valence-corrected chi connectivity index (χ1v) is 5.12. The summed E-state index contributed by atoms with van der Waals surface area (Å²) in [6.45, 7) is 3.59. The van der Waals surface area contributed by atoms with Crippen molar-refractivity contribution >= 4 is 0 Å². The third kappa shape index (κ3) is 1.67. The molecule has 0 amide bonds. The lowest BCUT2D eigenvalue weighted by Gasteiger charge is -2.13. The average Bonchev–Trinajstić information content (AvgIpc) is 2.95. The van der Waals surface area contributed by atoms with Gasteiger partial charge in [0.2, 0.25) is 0 Å². The van der Waals surface area contributed by atoms with Gasteiger partial charge < -0.3 is 5.73 Å². The molecule has 2 N–H and O–H groups in total. The first kappa shape index (κ1) is 9.66. The summed E-state index contributed by atoms with van der Waals surface area (Å²) in [6, 6.07) is 3.87. The maximum absolute atomic E-state index is 13.4. The van der Waals surface area contributed by atoms with E-state index in [0.29, 0.717) is 17.0 Å². The van der Waals surface area contributed by atoms with Crippen LogP contribution >= 0.6 is 0 Å². The fraction of sp³-hybridized carbons (Fsp3) is 0.500. The number of benzene rings is 1. The van der Waals surface area contributed by atoms with Crippen LogP contribution in [-0.2, 0) is 0 Å². The van der Waals surface area contributed by atoms with Crippen LogP contribution in [0.2, 0.25) is 0 Å². The Morgan fingerprint density at radius 2 is 1.79 bits per heavy atom. The Kier molecular flexibility index (Phi) is 2.31. The van der Waals surface area contributed by atoms with Gasteiger partial charge in [0.15, 0.2) is 0 Å². The fourth-order valence-electron chi connectivity index (χ4n) is 1.90. The molecule has 2 heteroatoms. The van der Waals surface area contributed by atoms with E-state index in [1.54, 1.807) is 13.8 Å². The van der Waals surface area contributed by atoms with Crippen molar-refractivity contribution in [1.82, 2.24) is 0 Å². The third-order valence-electron chi connectivity index (χ3n) is 2.97. The third-order valence-corrected chi connectivity index (χ3v) is 2.97. The van der Waals surface area contributed by atoms with Crippen LogP contribution in [-0.4, -0.2) is 0 Å². The van der Waals surface area contributed by atoms with Crippen LogP contribution in [0.3, 0.4) is 0 Å². The molecule has 76 valence electrons. The second-order valence-electron chi connectivity index (χ2n) is 4.33. The van der Waals surface area contributed by atoms with Crippen LogP contribution in [0.5, 0.6) is 0 Å². The molecule has 0 bridgehead atoms. The molecular weight excluding hydrogens is 177 g/mol. The van der Waals surface area contributed by atoms with Gasteiger partial charge >= 0.3 is 0 Å². The molecule has 0 aromatic heterocycles. The summed E-state index contributed by atoms with van der Waals surface area (Å²) in [6.07, 6.45) is 2.44. The van der Waals surface area contributed by atoms with Crippen LogP contribution in [0.1, 0.15) is 35.6 Å². The lowest BCUT2D eigenvalue weighted by molar-refractivity contribution is 0.597. The number of hydrogen-bond acceptors (Lipinski definition) is 1. The fourth-order valence-corrected chi connectivity index (χ4v) is 1.90. The lowest BCUT2D eigenvalue weighted by Crippen LogP contribution is -2.13. The van der Waals surface area contributed by atoms with E-state index in [-0.39, 0.29) is 11.9 Å². The largest absolute Gasteiger partial charge is 0.324 e. The lowest BCUT2D eigenvalue weighted by atomic mass is 9.98. The predicted octanol–water partition coefficient (Wildman–Crippen LogP) is 2.85. The molecular formula is C12H16FN. The van der Waals surface area contributed by atoms with E-state index in [0.717, 1.165) is 5.56 Å². The van der Waals surface area contributed by atoms with Crippen molar-refractivity contribution in [1.29, 1.82) is 0 Å². The van der Waals surface area contributed by atoms with Gasteiger partial charge in [-0.3, -0.25) is 0 Å². The van der Waals surface area contributed by atoms with Gasteiger partial charge in [0, 0.05) is 6.04 Å². The first-order valence-electron chi connectivity index (χ1n) is 5.12. The normalized spacial score (nSPS) is 18.3. The van der Waals surface area contributed by atoms with E-state index in [1.165, 1.54) is 12.8 Å².